The molecule has 1 aromatic rings. The van der Waals surface area contributed by atoms with Crippen molar-refractivity contribution < 1.29 is 0 Å². The van der Waals surface area contributed by atoms with E-state index in [-0.39, 0.29) is 0 Å². The van der Waals surface area contributed by atoms with Crippen LogP contribution >= 0.6 is 0 Å². The molecule has 0 saturated carbocycles. The molecule has 0 N–H and O–H groups in total. The van der Waals surface area contributed by atoms with Crippen molar-refractivity contribution in [2.45, 2.75) is 27.2 Å². The van der Waals surface area contributed by atoms with Crippen LogP contribution in [0.4, 0.5) is 0 Å². The van der Waals surface area contributed by atoms with E-state index in [0.717, 1.165) is 6.42 Å². The molecule has 0 nitrogen and oxygen atoms in total. The van der Waals surface area contributed by atoms with Gasteiger partial charge in [-0.25, -0.2) is 0 Å². The molecular weight excluding hydrogens is 132 g/mol. The number of hydrogen-bond acceptors (Lipinski definition) is 0. The lowest BCUT2D eigenvalue weighted by molar-refractivity contribution is 1.12. The van der Waals surface area contributed by atoms with Crippen LogP contribution in [0.15, 0.2) is 18.2 Å². The van der Waals surface area contributed by atoms with Crippen molar-refractivity contribution in [3.8, 4) is 0 Å². The predicted octanol–water partition coefficient (Wildman–Crippen LogP) is 3.13. The Bertz CT molecular complexity index is 214. The summed E-state index contributed by atoms with van der Waals surface area (Å²) < 4.78 is 0. The van der Waals surface area contributed by atoms with Gasteiger partial charge in [-0.2, -0.15) is 0 Å². The van der Waals surface area contributed by atoms with Gasteiger partial charge in [-0.15, -0.1) is 0 Å². The molecule has 0 atom stereocenters. The molecule has 0 fully saturated rings. The highest BCUT2D eigenvalue weighted by molar-refractivity contribution is 5.32. The molecule has 0 spiro atoms. The molecule has 0 heterocycles. The first-order chi connectivity index (χ1) is 5.26. The van der Waals surface area contributed by atoms with E-state index in [9.17, 15) is 0 Å². The van der Waals surface area contributed by atoms with E-state index in [0.29, 0.717) is 0 Å². The van der Waals surface area contributed by atoms with E-state index in [1.807, 2.05) is 0 Å². The fourth-order valence-corrected chi connectivity index (χ4v) is 1.27. The standard InChI is InChI=1S/C11H15/c1-4-10-6-9(3)7-11(5-2)8-10/h4,6-8H,5H2,1-3H3. The SMILES string of the molecule is C[CH]c1cc(C)cc(CC)c1. The van der Waals surface area contributed by atoms with Gasteiger partial charge in [0.05, 0.1) is 0 Å². The van der Waals surface area contributed by atoms with Crippen molar-refractivity contribution in [2.75, 3.05) is 0 Å². The van der Waals surface area contributed by atoms with Crippen LogP contribution in [0.3, 0.4) is 0 Å². The van der Waals surface area contributed by atoms with E-state index >= 15 is 0 Å². The lowest BCUT2D eigenvalue weighted by atomic mass is 10.0. The van der Waals surface area contributed by atoms with E-state index in [4.69, 9.17) is 0 Å². The molecule has 11 heavy (non-hydrogen) atoms. The van der Waals surface area contributed by atoms with Crippen LogP contribution < -0.4 is 0 Å². The van der Waals surface area contributed by atoms with Crippen molar-refractivity contribution in [3.63, 3.8) is 0 Å². The smallest absolute Gasteiger partial charge is 0.0124 e. The van der Waals surface area contributed by atoms with E-state index in [2.05, 4.69) is 45.4 Å². The topological polar surface area (TPSA) is 0 Å². The van der Waals surface area contributed by atoms with Gasteiger partial charge in [0.15, 0.2) is 0 Å². The van der Waals surface area contributed by atoms with Gasteiger partial charge in [0.25, 0.3) is 0 Å². The molecule has 0 aliphatic heterocycles. The van der Waals surface area contributed by atoms with Crippen LogP contribution in [0.2, 0.25) is 0 Å². The first-order valence-electron chi connectivity index (χ1n) is 4.16. The molecule has 0 saturated heterocycles. The molecule has 1 rings (SSSR count). The summed E-state index contributed by atoms with van der Waals surface area (Å²) in [5, 5.41) is 0. The number of benzene rings is 1. The third-order valence-corrected chi connectivity index (χ3v) is 1.90. The molecular formula is C11H15. The van der Waals surface area contributed by atoms with Gasteiger partial charge in [0.1, 0.15) is 0 Å². The minimum absolute atomic E-state index is 1.13. The lowest BCUT2D eigenvalue weighted by Gasteiger charge is -2.02. The predicted molar refractivity (Wildman–Crippen MR) is 49.6 cm³/mol. The highest BCUT2D eigenvalue weighted by Crippen LogP contribution is 2.11. The summed E-state index contributed by atoms with van der Waals surface area (Å²) in [6.45, 7) is 6.41. The Hall–Kier alpha value is -0.780. The fraction of sp³-hybridized carbons (Fsp3) is 0.364. The van der Waals surface area contributed by atoms with Gasteiger partial charge in [-0.3, -0.25) is 0 Å². The minimum atomic E-state index is 1.13. The average molecular weight is 147 g/mol. The second-order valence-electron chi connectivity index (χ2n) is 2.89. The normalized spacial score (nSPS) is 10.1. The zero-order valence-corrected chi connectivity index (χ0v) is 7.52. The Labute approximate surface area is 69.3 Å². The van der Waals surface area contributed by atoms with Gasteiger partial charge in [-0.05, 0) is 30.9 Å². The van der Waals surface area contributed by atoms with Crippen molar-refractivity contribution in [3.05, 3.63) is 41.3 Å². The van der Waals surface area contributed by atoms with Crippen molar-refractivity contribution >= 4 is 0 Å². The Balaban J connectivity index is 3.02. The summed E-state index contributed by atoms with van der Waals surface area (Å²) in [6, 6.07) is 6.69. The summed E-state index contributed by atoms with van der Waals surface area (Å²) in [5.74, 6) is 0. The summed E-state index contributed by atoms with van der Waals surface area (Å²) in [4.78, 5) is 0. The first-order valence-corrected chi connectivity index (χ1v) is 4.16. The maximum Gasteiger partial charge on any atom is -0.0124 e. The summed E-state index contributed by atoms with van der Waals surface area (Å²) in [5.41, 5.74) is 4.12. The van der Waals surface area contributed by atoms with Gasteiger partial charge in [-0.1, -0.05) is 37.6 Å². The zero-order chi connectivity index (χ0) is 8.27. The molecule has 1 aromatic carbocycles. The van der Waals surface area contributed by atoms with E-state index in [1.54, 1.807) is 0 Å². The summed E-state index contributed by atoms with van der Waals surface area (Å²) in [6.07, 6.45) is 3.27. The molecule has 0 unspecified atom stereocenters. The Morgan fingerprint density at radius 3 is 2.55 bits per heavy atom. The van der Waals surface area contributed by atoms with Crippen LogP contribution in [0.1, 0.15) is 30.5 Å². The second-order valence-corrected chi connectivity index (χ2v) is 2.89. The lowest BCUT2D eigenvalue weighted by Crippen LogP contribution is -1.86. The highest BCUT2D eigenvalue weighted by atomic mass is 14.0. The molecule has 0 bridgehead atoms. The molecule has 1 radical (unpaired) electrons. The van der Waals surface area contributed by atoms with Gasteiger partial charge in [0, 0.05) is 0 Å². The monoisotopic (exact) mass is 147 g/mol. The quantitative estimate of drug-likeness (QED) is 0.603. The number of aryl methyl sites for hydroxylation is 2. The van der Waals surface area contributed by atoms with Crippen molar-refractivity contribution in [1.82, 2.24) is 0 Å². The van der Waals surface area contributed by atoms with Crippen molar-refractivity contribution in [2.24, 2.45) is 0 Å². The maximum atomic E-state index is 2.24. The summed E-state index contributed by atoms with van der Waals surface area (Å²) >= 11 is 0. The third kappa shape index (κ3) is 2.07. The Morgan fingerprint density at radius 2 is 2.00 bits per heavy atom. The largest absolute Gasteiger partial charge is 0.0613 e. The summed E-state index contributed by atoms with van der Waals surface area (Å²) in [7, 11) is 0. The van der Waals surface area contributed by atoms with Gasteiger partial charge >= 0.3 is 0 Å². The van der Waals surface area contributed by atoms with Crippen LogP contribution in [-0.4, -0.2) is 0 Å². The molecule has 0 aromatic heterocycles. The third-order valence-electron chi connectivity index (χ3n) is 1.90. The molecule has 59 valence electrons. The molecule has 0 aliphatic carbocycles. The minimum Gasteiger partial charge on any atom is -0.0613 e. The zero-order valence-electron chi connectivity index (χ0n) is 7.52. The van der Waals surface area contributed by atoms with Crippen LogP contribution in [-0.2, 0) is 6.42 Å². The average Bonchev–Trinajstić information content (AvgIpc) is 2.03. The number of rotatable bonds is 2. The van der Waals surface area contributed by atoms with Crippen LogP contribution in [0.25, 0.3) is 0 Å². The number of hydrogen-bond donors (Lipinski definition) is 0. The Kier molecular flexibility index (Phi) is 2.70. The molecule has 0 heteroatoms. The fourth-order valence-electron chi connectivity index (χ4n) is 1.27. The van der Waals surface area contributed by atoms with Crippen LogP contribution in [0.5, 0.6) is 0 Å². The second kappa shape index (κ2) is 3.56. The van der Waals surface area contributed by atoms with Crippen molar-refractivity contribution in [1.29, 1.82) is 0 Å². The van der Waals surface area contributed by atoms with E-state index < -0.39 is 0 Å². The molecule has 0 amide bonds. The van der Waals surface area contributed by atoms with Gasteiger partial charge < -0.3 is 0 Å². The van der Waals surface area contributed by atoms with Gasteiger partial charge in [0.2, 0.25) is 0 Å². The first kappa shape index (κ1) is 8.32. The van der Waals surface area contributed by atoms with Crippen LogP contribution in [0, 0.1) is 13.3 Å². The highest BCUT2D eigenvalue weighted by Gasteiger charge is 1.94. The Morgan fingerprint density at radius 1 is 1.27 bits per heavy atom. The van der Waals surface area contributed by atoms with E-state index in [1.165, 1.54) is 16.7 Å². The maximum absolute atomic E-state index is 2.24. The molecule has 0 aliphatic rings.